The fraction of sp³-hybridized carbons (Fsp3) is 0.500. The molecule has 1 fully saturated rings. The maximum Gasteiger partial charge on any atom is 0.244 e. The van der Waals surface area contributed by atoms with Crippen LogP contribution in [-0.4, -0.2) is 32.9 Å². The lowest BCUT2D eigenvalue weighted by molar-refractivity contribution is 0.346. The van der Waals surface area contributed by atoms with E-state index in [-0.39, 0.29) is 9.92 Å². The normalized spacial score (nSPS) is 17.7. The Bertz CT molecular complexity index is 524. The summed E-state index contributed by atoms with van der Waals surface area (Å²) in [5.41, 5.74) is 0. The fourth-order valence-electron chi connectivity index (χ4n) is 2.06. The number of hydrogen-bond acceptors (Lipinski definition) is 3. The minimum atomic E-state index is -3.47. The van der Waals surface area contributed by atoms with Gasteiger partial charge in [-0.1, -0.05) is 18.0 Å². The topological polar surface area (TPSA) is 46.6 Å². The highest BCUT2D eigenvalue weighted by Gasteiger charge is 2.27. The summed E-state index contributed by atoms with van der Waals surface area (Å²) >= 11 is 6.03. The van der Waals surface area contributed by atoms with E-state index in [0.29, 0.717) is 18.8 Å². The fourth-order valence-corrected chi connectivity index (χ4v) is 4.09. The van der Waals surface area contributed by atoms with Gasteiger partial charge in [-0.2, -0.15) is 4.31 Å². The Morgan fingerprint density at radius 2 is 1.89 bits per heavy atom. The molecule has 0 spiro atoms. The van der Waals surface area contributed by atoms with Crippen LogP contribution in [0, 0.1) is 0 Å². The molecule has 18 heavy (non-hydrogen) atoms. The van der Waals surface area contributed by atoms with Crippen LogP contribution in [0.5, 0.6) is 5.75 Å². The second-order valence-corrected chi connectivity index (χ2v) is 6.57. The first-order valence-electron chi connectivity index (χ1n) is 5.89. The second-order valence-electron chi connectivity index (χ2n) is 4.26. The van der Waals surface area contributed by atoms with Crippen LogP contribution in [0.2, 0.25) is 5.02 Å². The summed E-state index contributed by atoms with van der Waals surface area (Å²) in [6, 6.07) is 4.65. The predicted octanol–water partition coefficient (Wildman–Crippen LogP) is 2.52. The van der Waals surface area contributed by atoms with Crippen molar-refractivity contribution < 1.29 is 13.2 Å². The number of halogens is 1. The first kappa shape index (κ1) is 13.6. The SMILES string of the molecule is COc1ccc(S(=O)(=O)N2CCCCC2)c(Cl)c1. The largest absolute Gasteiger partial charge is 0.497 e. The molecule has 0 N–H and O–H groups in total. The minimum Gasteiger partial charge on any atom is -0.497 e. The van der Waals surface area contributed by atoms with E-state index in [9.17, 15) is 8.42 Å². The maximum atomic E-state index is 12.4. The third-order valence-corrected chi connectivity index (χ3v) is 5.45. The Hall–Kier alpha value is -0.780. The lowest BCUT2D eigenvalue weighted by Crippen LogP contribution is -2.35. The number of sulfonamides is 1. The second kappa shape index (κ2) is 5.47. The molecule has 0 saturated carbocycles. The van der Waals surface area contributed by atoms with Gasteiger partial charge in [-0.25, -0.2) is 8.42 Å². The molecule has 0 aromatic heterocycles. The summed E-state index contributed by atoms with van der Waals surface area (Å²) < 4.78 is 31.3. The van der Waals surface area contributed by atoms with Crippen LogP contribution in [0.25, 0.3) is 0 Å². The van der Waals surface area contributed by atoms with E-state index < -0.39 is 10.0 Å². The molecule has 1 saturated heterocycles. The van der Waals surface area contributed by atoms with Gasteiger partial charge in [-0.05, 0) is 25.0 Å². The van der Waals surface area contributed by atoms with Crippen molar-refractivity contribution in [3.63, 3.8) is 0 Å². The van der Waals surface area contributed by atoms with Crippen LogP contribution in [-0.2, 0) is 10.0 Å². The molecule has 0 bridgehead atoms. The van der Waals surface area contributed by atoms with Crippen molar-refractivity contribution in [2.45, 2.75) is 24.2 Å². The number of hydrogen-bond donors (Lipinski definition) is 0. The third-order valence-electron chi connectivity index (χ3n) is 3.07. The van der Waals surface area contributed by atoms with Crippen LogP contribution < -0.4 is 4.74 Å². The van der Waals surface area contributed by atoms with Crippen LogP contribution >= 0.6 is 11.6 Å². The molecule has 1 aromatic rings. The van der Waals surface area contributed by atoms with Gasteiger partial charge >= 0.3 is 0 Å². The average Bonchev–Trinajstić information content (AvgIpc) is 2.39. The summed E-state index contributed by atoms with van der Waals surface area (Å²) in [5.74, 6) is 0.553. The zero-order valence-corrected chi connectivity index (χ0v) is 11.8. The number of ether oxygens (including phenoxy) is 1. The molecule has 4 nitrogen and oxygen atoms in total. The first-order chi connectivity index (χ1) is 8.55. The van der Waals surface area contributed by atoms with Gasteiger partial charge in [0.05, 0.1) is 12.1 Å². The molecule has 0 aliphatic carbocycles. The highest BCUT2D eigenvalue weighted by Crippen LogP contribution is 2.29. The van der Waals surface area contributed by atoms with Gasteiger partial charge in [0.15, 0.2) is 0 Å². The van der Waals surface area contributed by atoms with E-state index >= 15 is 0 Å². The average molecular weight is 290 g/mol. The van der Waals surface area contributed by atoms with E-state index in [1.54, 1.807) is 6.07 Å². The van der Waals surface area contributed by atoms with Crippen LogP contribution in [0.1, 0.15) is 19.3 Å². The molecular weight excluding hydrogens is 274 g/mol. The van der Waals surface area contributed by atoms with Gasteiger partial charge < -0.3 is 4.74 Å². The number of benzene rings is 1. The summed E-state index contributed by atoms with van der Waals surface area (Å²) in [6.07, 6.45) is 2.91. The van der Waals surface area contributed by atoms with Crippen molar-refractivity contribution in [3.05, 3.63) is 23.2 Å². The Morgan fingerprint density at radius 1 is 1.22 bits per heavy atom. The molecular formula is C12H16ClNO3S. The van der Waals surface area contributed by atoms with Crippen molar-refractivity contribution >= 4 is 21.6 Å². The molecule has 0 amide bonds. The van der Waals surface area contributed by atoms with Crippen molar-refractivity contribution in [1.29, 1.82) is 0 Å². The number of methoxy groups -OCH3 is 1. The molecule has 1 aromatic carbocycles. The van der Waals surface area contributed by atoms with Crippen LogP contribution in [0.3, 0.4) is 0 Å². The molecule has 2 rings (SSSR count). The van der Waals surface area contributed by atoms with Gasteiger partial charge in [0.1, 0.15) is 10.6 Å². The smallest absolute Gasteiger partial charge is 0.244 e. The van der Waals surface area contributed by atoms with E-state index in [0.717, 1.165) is 19.3 Å². The number of nitrogens with zero attached hydrogens (tertiary/aromatic N) is 1. The predicted molar refractivity (Wildman–Crippen MR) is 70.6 cm³/mol. The zero-order valence-electron chi connectivity index (χ0n) is 10.2. The third kappa shape index (κ3) is 2.63. The number of rotatable bonds is 3. The van der Waals surface area contributed by atoms with Crippen molar-refractivity contribution in [2.24, 2.45) is 0 Å². The van der Waals surface area contributed by atoms with Gasteiger partial charge in [0.25, 0.3) is 0 Å². The Balaban J connectivity index is 2.34. The quantitative estimate of drug-likeness (QED) is 0.859. The molecule has 0 radical (unpaired) electrons. The maximum absolute atomic E-state index is 12.4. The Morgan fingerprint density at radius 3 is 2.44 bits per heavy atom. The van der Waals surface area contributed by atoms with E-state index in [1.165, 1.54) is 23.5 Å². The molecule has 1 aliphatic heterocycles. The summed E-state index contributed by atoms with van der Waals surface area (Å²) in [7, 11) is -1.95. The Labute approximate surface area is 113 Å². The molecule has 6 heteroatoms. The zero-order chi connectivity index (χ0) is 13.2. The highest BCUT2D eigenvalue weighted by atomic mass is 35.5. The molecule has 0 unspecified atom stereocenters. The van der Waals surface area contributed by atoms with Crippen molar-refractivity contribution in [1.82, 2.24) is 4.31 Å². The molecule has 0 atom stereocenters. The van der Waals surface area contributed by atoms with E-state index in [4.69, 9.17) is 16.3 Å². The number of piperidine rings is 1. The van der Waals surface area contributed by atoms with Crippen LogP contribution in [0.15, 0.2) is 23.1 Å². The van der Waals surface area contributed by atoms with Gasteiger partial charge in [-0.3, -0.25) is 0 Å². The lowest BCUT2D eigenvalue weighted by atomic mass is 10.2. The summed E-state index contributed by atoms with van der Waals surface area (Å²) in [4.78, 5) is 0.159. The summed E-state index contributed by atoms with van der Waals surface area (Å²) in [6.45, 7) is 1.15. The highest BCUT2D eigenvalue weighted by molar-refractivity contribution is 7.89. The van der Waals surface area contributed by atoms with Crippen molar-refractivity contribution in [2.75, 3.05) is 20.2 Å². The van der Waals surface area contributed by atoms with Gasteiger partial charge in [0, 0.05) is 19.2 Å². The monoisotopic (exact) mass is 289 g/mol. The lowest BCUT2D eigenvalue weighted by Gasteiger charge is -2.26. The van der Waals surface area contributed by atoms with Crippen molar-refractivity contribution in [3.8, 4) is 5.75 Å². The van der Waals surface area contributed by atoms with E-state index in [1.807, 2.05) is 0 Å². The first-order valence-corrected chi connectivity index (χ1v) is 7.71. The Kier molecular flexibility index (Phi) is 4.14. The van der Waals surface area contributed by atoms with Gasteiger partial charge in [-0.15, -0.1) is 0 Å². The molecule has 100 valence electrons. The summed E-state index contributed by atoms with van der Waals surface area (Å²) in [5, 5.41) is 0.208. The standard InChI is InChI=1S/C12H16ClNO3S/c1-17-10-5-6-12(11(13)9-10)18(15,16)14-7-3-2-4-8-14/h5-6,9H,2-4,7-8H2,1H3. The molecule has 1 heterocycles. The van der Waals surface area contributed by atoms with E-state index in [2.05, 4.69) is 0 Å². The van der Waals surface area contributed by atoms with Gasteiger partial charge in [0.2, 0.25) is 10.0 Å². The van der Waals surface area contributed by atoms with Crippen LogP contribution in [0.4, 0.5) is 0 Å². The minimum absolute atomic E-state index is 0.159. The molecule has 1 aliphatic rings.